The van der Waals surface area contributed by atoms with Crippen LogP contribution in [-0.4, -0.2) is 17.8 Å². The maximum Gasteiger partial charge on any atom is 0.407 e. The van der Waals surface area contributed by atoms with Crippen molar-refractivity contribution in [2.75, 3.05) is 6.61 Å². The lowest BCUT2D eigenvalue weighted by Crippen LogP contribution is -2.18. The minimum absolute atomic E-state index is 0.139. The molecule has 0 aliphatic carbocycles. The summed E-state index contributed by atoms with van der Waals surface area (Å²) in [7, 11) is 0. The first kappa shape index (κ1) is 7.91. The number of cyclic esters (lactones) is 1. The molecular weight excluding hydrogens is 170 g/mol. The molecule has 1 aliphatic heterocycles. The lowest BCUT2D eigenvalue weighted by molar-refractivity contribution is 0.177. The number of amides is 1. The standard InChI is InChI=1S/C9H9NO3/c11-7-3-1-2-6(4-7)8-5-13-9(12)10-8/h1-4,8,11H,5H2,(H,10,12). The Kier molecular flexibility index (Phi) is 1.81. The molecule has 0 aromatic heterocycles. The van der Waals surface area contributed by atoms with Gasteiger partial charge >= 0.3 is 6.09 Å². The molecule has 0 radical (unpaired) electrons. The second kappa shape index (κ2) is 2.97. The third kappa shape index (κ3) is 1.56. The molecule has 4 heteroatoms. The highest BCUT2D eigenvalue weighted by molar-refractivity contribution is 5.70. The summed E-state index contributed by atoms with van der Waals surface area (Å²) in [6, 6.07) is 6.62. The average Bonchev–Trinajstić information content (AvgIpc) is 2.52. The molecule has 1 amide bonds. The van der Waals surface area contributed by atoms with E-state index >= 15 is 0 Å². The van der Waals surface area contributed by atoms with Gasteiger partial charge in [0.15, 0.2) is 0 Å². The van der Waals surface area contributed by atoms with E-state index in [9.17, 15) is 9.90 Å². The van der Waals surface area contributed by atoms with E-state index in [1.165, 1.54) is 0 Å². The molecule has 1 aromatic rings. The van der Waals surface area contributed by atoms with E-state index in [2.05, 4.69) is 5.32 Å². The molecule has 68 valence electrons. The fraction of sp³-hybridized carbons (Fsp3) is 0.222. The molecule has 13 heavy (non-hydrogen) atoms. The first-order valence-electron chi connectivity index (χ1n) is 3.98. The quantitative estimate of drug-likeness (QED) is 0.680. The van der Waals surface area contributed by atoms with E-state index < -0.39 is 6.09 Å². The third-order valence-corrected chi connectivity index (χ3v) is 1.95. The van der Waals surface area contributed by atoms with Crippen LogP contribution in [0.5, 0.6) is 5.75 Å². The molecule has 0 saturated carbocycles. The van der Waals surface area contributed by atoms with Crippen molar-refractivity contribution in [3.05, 3.63) is 29.8 Å². The highest BCUT2D eigenvalue weighted by atomic mass is 16.6. The van der Waals surface area contributed by atoms with E-state index in [1.54, 1.807) is 18.2 Å². The summed E-state index contributed by atoms with van der Waals surface area (Å²) in [5.41, 5.74) is 0.853. The number of nitrogens with one attached hydrogen (secondary N) is 1. The maximum absolute atomic E-state index is 10.7. The number of rotatable bonds is 1. The molecule has 2 N–H and O–H groups in total. The van der Waals surface area contributed by atoms with Gasteiger partial charge in [0, 0.05) is 0 Å². The predicted molar refractivity (Wildman–Crippen MR) is 45.3 cm³/mol. The average molecular weight is 179 g/mol. The minimum atomic E-state index is -0.409. The Balaban J connectivity index is 2.21. The number of hydrogen-bond acceptors (Lipinski definition) is 3. The molecule has 1 atom stereocenters. The van der Waals surface area contributed by atoms with Gasteiger partial charge in [0.2, 0.25) is 0 Å². The summed E-state index contributed by atoms with van der Waals surface area (Å²) in [6.07, 6.45) is -0.409. The molecule has 1 unspecified atom stereocenters. The van der Waals surface area contributed by atoms with Crippen molar-refractivity contribution in [1.29, 1.82) is 0 Å². The molecular formula is C9H9NO3. The summed E-state index contributed by atoms with van der Waals surface area (Å²) in [5.74, 6) is 0.193. The number of carbonyl (C=O) groups excluding carboxylic acids is 1. The third-order valence-electron chi connectivity index (χ3n) is 1.95. The van der Waals surface area contributed by atoms with Crippen LogP contribution in [-0.2, 0) is 4.74 Å². The molecule has 0 bridgehead atoms. The molecule has 1 saturated heterocycles. The van der Waals surface area contributed by atoms with Gasteiger partial charge < -0.3 is 15.2 Å². The number of ether oxygens (including phenoxy) is 1. The molecule has 4 nitrogen and oxygen atoms in total. The second-order valence-corrected chi connectivity index (χ2v) is 2.89. The van der Waals surface area contributed by atoms with E-state index in [-0.39, 0.29) is 11.8 Å². The van der Waals surface area contributed by atoms with Crippen LogP contribution in [0.3, 0.4) is 0 Å². The zero-order chi connectivity index (χ0) is 9.26. The SMILES string of the molecule is O=C1NC(c2cccc(O)c2)CO1. The Bertz CT molecular complexity index is 337. The van der Waals surface area contributed by atoms with Crippen molar-refractivity contribution in [2.24, 2.45) is 0 Å². The van der Waals surface area contributed by atoms with Gasteiger partial charge in [-0.05, 0) is 17.7 Å². The fourth-order valence-electron chi connectivity index (χ4n) is 1.31. The Morgan fingerprint density at radius 2 is 2.38 bits per heavy atom. The van der Waals surface area contributed by atoms with Crippen LogP contribution >= 0.6 is 0 Å². The summed E-state index contributed by atoms with van der Waals surface area (Å²) >= 11 is 0. The molecule has 1 aliphatic rings. The number of phenols is 1. The number of alkyl carbamates (subject to hydrolysis) is 1. The van der Waals surface area contributed by atoms with Crippen LogP contribution in [0.25, 0.3) is 0 Å². The number of benzene rings is 1. The van der Waals surface area contributed by atoms with Crippen molar-refractivity contribution >= 4 is 6.09 Å². The van der Waals surface area contributed by atoms with E-state index in [0.717, 1.165) is 5.56 Å². The number of carbonyl (C=O) groups is 1. The van der Waals surface area contributed by atoms with E-state index in [0.29, 0.717) is 6.61 Å². The Hall–Kier alpha value is -1.71. The normalized spacial score (nSPS) is 20.9. The molecule has 1 heterocycles. The Labute approximate surface area is 75.1 Å². The number of aromatic hydroxyl groups is 1. The Morgan fingerprint density at radius 1 is 1.54 bits per heavy atom. The van der Waals surface area contributed by atoms with Crippen molar-refractivity contribution in [3.8, 4) is 5.75 Å². The van der Waals surface area contributed by atoms with Crippen LogP contribution < -0.4 is 5.32 Å². The topological polar surface area (TPSA) is 58.6 Å². The molecule has 1 aromatic carbocycles. The van der Waals surface area contributed by atoms with Gasteiger partial charge in [-0.25, -0.2) is 4.79 Å². The van der Waals surface area contributed by atoms with Crippen LogP contribution in [0.4, 0.5) is 4.79 Å². The van der Waals surface area contributed by atoms with E-state index in [4.69, 9.17) is 4.74 Å². The lowest BCUT2D eigenvalue weighted by atomic mass is 10.1. The highest BCUT2D eigenvalue weighted by Gasteiger charge is 2.23. The second-order valence-electron chi connectivity index (χ2n) is 2.89. The lowest BCUT2D eigenvalue weighted by Gasteiger charge is -2.06. The zero-order valence-electron chi connectivity index (χ0n) is 6.86. The molecule has 1 fully saturated rings. The molecule has 0 spiro atoms. The van der Waals surface area contributed by atoms with Crippen LogP contribution in [0, 0.1) is 0 Å². The van der Waals surface area contributed by atoms with Gasteiger partial charge in [-0.15, -0.1) is 0 Å². The summed E-state index contributed by atoms with van der Waals surface area (Å²) in [4.78, 5) is 10.7. The first-order chi connectivity index (χ1) is 6.25. The van der Waals surface area contributed by atoms with Crippen LogP contribution in [0.15, 0.2) is 24.3 Å². The summed E-state index contributed by atoms with van der Waals surface area (Å²) in [6.45, 7) is 0.322. The van der Waals surface area contributed by atoms with Gasteiger partial charge in [-0.2, -0.15) is 0 Å². The van der Waals surface area contributed by atoms with E-state index in [1.807, 2.05) is 6.07 Å². The molecule has 2 rings (SSSR count). The highest BCUT2D eigenvalue weighted by Crippen LogP contribution is 2.21. The number of phenolic OH excluding ortho intramolecular Hbond substituents is 1. The first-order valence-corrected chi connectivity index (χ1v) is 3.98. The summed E-state index contributed by atoms with van der Waals surface area (Å²) < 4.78 is 4.73. The van der Waals surface area contributed by atoms with Crippen LogP contribution in [0.2, 0.25) is 0 Å². The van der Waals surface area contributed by atoms with Gasteiger partial charge in [0.1, 0.15) is 12.4 Å². The van der Waals surface area contributed by atoms with Gasteiger partial charge in [0.25, 0.3) is 0 Å². The Morgan fingerprint density at radius 3 is 3.00 bits per heavy atom. The predicted octanol–water partition coefficient (Wildman–Crippen LogP) is 1.17. The van der Waals surface area contributed by atoms with Crippen molar-refractivity contribution < 1.29 is 14.6 Å². The largest absolute Gasteiger partial charge is 0.508 e. The van der Waals surface area contributed by atoms with Crippen LogP contribution in [0.1, 0.15) is 11.6 Å². The fourth-order valence-corrected chi connectivity index (χ4v) is 1.31. The smallest absolute Gasteiger partial charge is 0.407 e. The summed E-state index contributed by atoms with van der Waals surface area (Å²) in [5, 5.41) is 11.8. The van der Waals surface area contributed by atoms with Gasteiger partial charge in [-0.1, -0.05) is 12.1 Å². The van der Waals surface area contributed by atoms with Gasteiger partial charge in [0.05, 0.1) is 6.04 Å². The zero-order valence-corrected chi connectivity index (χ0v) is 6.86. The number of hydrogen-bond donors (Lipinski definition) is 2. The maximum atomic E-state index is 10.7. The monoisotopic (exact) mass is 179 g/mol. The van der Waals surface area contributed by atoms with Gasteiger partial charge in [-0.3, -0.25) is 0 Å². The minimum Gasteiger partial charge on any atom is -0.508 e. The van der Waals surface area contributed by atoms with Crippen molar-refractivity contribution in [2.45, 2.75) is 6.04 Å². The van der Waals surface area contributed by atoms with Crippen molar-refractivity contribution in [1.82, 2.24) is 5.32 Å². The van der Waals surface area contributed by atoms with Crippen molar-refractivity contribution in [3.63, 3.8) is 0 Å².